The van der Waals surface area contributed by atoms with Gasteiger partial charge in [-0.1, -0.05) is 12.6 Å². The molecule has 10 nitrogen and oxygen atoms in total. The Bertz CT molecular complexity index is 2050. The SMILES string of the molecule is C=CC(=O)N1CC2(CCN(c3nc(N4CC(N5CCC[C@H]5C)C4)nc4c(OCC(F)(F)F)c(-c5c(C)ccc6[nH]ncc56)c(C5CC5)cc34)CC2)C1. The third-order valence-corrected chi connectivity index (χ3v) is 12.3. The van der Waals surface area contributed by atoms with Gasteiger partial charge in [0.25, 0.3) is 0 Å². The first-order valence-electron chi connectivity index (χ1n) is 18.7. The number of benzene rings is 2. The van der Waals surface area contributed by atoms with E-state index < -0.39 is 12.8 Å². The van der Waals surface area contributed by atoms with Crippen molar-refractivity contribution in [1.82, 2.24) is 30.0 Å². The van der Waals surface area contributed by atoms with Crippen LogP contribution in [0.1, 0.15) is 62.5 Å². The lowest BCUT2D eigenvalue weighted by atomic mass is 9.72. The molecule has 1 N–H and O–H groups in total. The monoisotopic (exact) mass is 714 g/mol. The molecule has 4 saturated heterocycles. The summed E-state index contributed by atoms with van der Waals surface area (Å²) in [5, 5.41) is 8.90. The number of likely N-dealkylation sites (tertiary alicyclic amines) is 2. The molecule has 5 aliphatic rings. The maximum absolute atomic E-state index is 14.1. The van der Waals surface area contributed by atoms with E-state index in [1.165, 1.54) is 18.9 Å². The van der Waals surface area contributed by atoms with Crippen molar-refractivity contribution < 1.29 is 22.7 Å². The number of hydrogen-bond acceptors (Lipinski definition) is 8. The summed E-state index contributed by atoms with van der Waals surface area (Å²) in [6, 6.07) is 7.00. The number of alkyl halides is 3. The van der Waals surface area contributed by atoms with Crippen molar-refractivity contribution in [2.75, 3.05) is 62.2 Å². The second kappa shape index (κ2) is 12.3. The van der Waals surface area contributed by atoms with E-state index >= 15 is 0 Å². The van der Waals surface area contributed by atoms with Crippen LogP contribution in [0.25, 0.3) is 32.9 Å². The van der Waals surface area contributed by atoms with E-state index in [2.05, 4.69) is 44.5 Å². The molecule has 274 valence electrons. The number of halogens is 3. The smallest absolute Gasteiger partial charge is 0.422 e. The number of nitrogens with one attached hydrogen (secondary N) is 1. The number of amides is 1. The van der Waals surface area contributed by atoms with Crippen LogP contribution in [0.4, 0.5) is 24.9 Å². The van der Waals surface area contributed by atoms with Gasteiger partial charge in [0.1, 0.15) is 11.3 Å². The maximum Gasteiger partial charge on any atom is 0.422 e. The zero-order chi connectivity index (χ0) is 35.9. The highest BCUT2D eigenvalue weighted by Gasteiger charge is 2.47. The van der Waals surface area contributed by atoms with Crippen molar-refractivity contribution in [3.8, 4) is 16.9 Å². The second-order valence-electron chi connectivity index (χ2n) is 15.9. The molecule has 1 aliphatic carbocycles. The van der Waals surface area contributed by atoms with E-state index in [1.807, 2.05) is 24.0 Å². The molecule has 4 aromatic rings. The molecule has 0 bridgehead atoms. The number of piperidine rings is 1. The Labute approximate surface area is 301 Å². The number of H-pyrrole nitrogens is 1. The molecule has 5 fully saturated rings. The second-order valence-corrected chi connectivity index (χ2v) is 15.9. The summed E-state index contributed by atoms with van der Waals surface area (Å²) in [4.78, 5) is 31.5. The zero-order valence-electron chi connectivity index (χ0n) is 29.8. The number of carbonyl (C=O) groups is 1. The van der Waals surface area contributed by atoms with Crippen molar-refractivity contribution in [3.63, 3.8) is 0 Å². The fourth-order valence-corrected chi connectivity index (χ4v) is 9.22. The van der Waals surface area contributed by atoms with E-state index in [1.54, 1.807) is 6.20 Å². The number of aromatic nitrogens is 4. The Morgan fingerprint density at radius 1 is 1.06 bits per heavy atom. The number of aromatic amines is 1. The molecule has 1 saturated carbocycles. The molecule has 1 atom stereocenters. The average molecular weight is 715 g/mol. The standard InChI is InChI=1S/C39H45F3N8O2/c1-4-31(51)49-20-38(21-49)11-14-47(15-12-38)36-28-16-27(25-8-9-25)33(32-23(2)7-10-30-29(32)17-43-46-30)35(52-22-39(40,41)42)34(28)44-37(45-36)48-18-26(19-48)50-13-5-6-24(50)3/h4,7,10,16-17,24-26H,1,5-6,8-9,11-15,18-22H2,2-3H3,(H,43,46)/t24-/m1/s1. The summed E-state index contributed by atoms with van der Waals surface area (Å²) in [6.45, 7) is 12.0. The summed E-state index contributed by atoms with van der Waals surface area (Å²) < 4.78 is 48.2. The molecule has 0 radical (unpaired) electrons. The Balaban J connectivity index is 1.19. The average Bonchev–Trinajstić information content (AvgIpc) is 3.68. The summed E-state index contributed by atoms with van der Waals surface area (Å²) in [5.74, 6) is 1.59. The predicted octanol–water partition coefficient (Wildman–Crippen LogP) is 6.59. The van der Waals surface area contributed by atoms with Crippen molar-refractivity contribution in [2.45, 2.75) is 76.6 Å². The fourth-order valence-electron chi connectivity index (χ4n) is 9.22. The minimum absolute atomic E-state index is 0.0354. The van der Waals surface area contributed by atoms with Gasteiger partial charge in [0.15, 0.2) is 12.4 Å². The van der Waals surface area contributed by atoms with Gasteiger partial charge < -0.3 is 19.4 Å². The third-order valence-electron chi connectivity index (χ3n) is 12.3. The van der Waals surface area contributed by atoms with Crippen LogP contribution in [0, 0.1) is 12.3 Å². The molecule has 1 spiro atoms. The van der Waals surface area contributed by atoms with Crippen LogP contribution < -0.4 is 14.5 Å². The van der Waals surface area contributed by atoms with Gasteiger partial charge in [0.05, 0.1) is 11.7 Å². The van der Waals surface area contributed by atoms with Gasteiger partial charge in [-0.2, -0.15) is 23.3 Å². The number of nitrogens with zero attached hydrogens (tertiary/aromatic N) is 7. The van der Waals surface area contributed by atoms with Gasteiger partial charge in [-0.25, -0.2) is 4.98 Å². The Morgan fingerprint density at radius 2 is 1.83 bits per heavy atom. The number of carbonyl (C=O) groups excluding carboxylic acids is 1. The minimum atomic E-state index is -4.55. The molecular formula is C39H45F3N8O2. The predicted molar refractivity (Wildman–Crippen MR) is 195 cm³/mol. The summed E-state index contributed by atoms with van der Waals surface area (Å²) in [5.41, 5.74) is 4.67. The van der Waals surface area contributed by atoms with E-state index in [-0.39, 0.29) is 23.0 Å². The Hall–Kier alpha value is -4.39. The highest BCUT2D eigenvalue weighted by Crippen LogP contribution is 2.53. The molecule has 2 aromatic heterocycles. The maximum atomic E-state index is 14.1. The van der Waals surface area contributed by atoms with Gasteiger partial charge in [0.2, 0.25) is 11.9 Å². The van der Waals surface area contributed by atoms with E-state index in [0.717, 1.165) is 110 Å². The summed E-state index contributed by atoms with van der Waals surface area (Å²) >= 11 is 0. The summed E-state index contributed by atoms with van der Waals surface area (Å²) in [6.07, 6.45) is 4.63. The lowest BCUT2D eigenvalue weighted by molar-refractivity contribution is -0.153. The highest BCUT2D eigenvalue weighted by atomic mass is 19.4. The zero-order valence-corrected chi connectivity index (χ0v) is 29.8. The van der Waals surface area contributed by atoms with Crippen molar-refractivity contribution in [3.05, 3.63) is 48.2 Å². The minimum Gasteiger partial charge on any atom is -0.481 e. The lowest BCUT2D eigenvalue weighted by Crippen LogP contribution is -2.61. The van der Waals surface area contributed by atoms with Crippen LogP contribution in [0.15, 0.2) is 37.1 Å². The topological polar surface area (TPSA) is 93.7 Å². The third kappa shape index (κ3) is 5.75. The first kappa shape index (κ1) is 33.4. The molecule has 6 heterocycles. The van der Waals surface area contributed by atoms with Crippen LogP contribution in [0.2, 0.25) is 0 Å². The molecule has 13 heteroatoms. The largest absolute Gasteiger partial charge is 0.481 e. The summed E-state index contributed by atoms with van der Waals surface area (Å²) in [7, 11) is 0. The van der Waals surface area contributed by atoms with Gasteiger partial charge in [-0.15, -0.1) is 0 Å². The number of hydrogen-bond donors (Lipinski definition) is 1. The van der Waals surface area contributed by atoms with Crippen LogP contribution >= 0.6 is 0 Å². The number of aryl methyl sites for hydroxylation is 1. The van der Waals surface area contributed by atoms with Crippen LogP contribution in [-0.2, 0) is 4.79 Å². The lowest BCUT2D eigenvalue weighted by Gasteiger charge is -2.54. The molecular weight excluding hydrogens is 669 g/mol. The van der Waals surface area contributed by atoms with Gasteiger partial charge in [-0.05, 0) is 99.7 Å². The molecule has 4 aliphatic heterocycles. The number of anilines is 2. The normalized spacial score (nSPS) is 22.3. The van der Waals surface area contributed by atoms with Gasteiger partial charge in [0, 0.05) is 73.1 Å². The fraction of sp³-hybridized carbons (Fsp3) is 0.538. The number of fused-ring (bicyclic) bond motifs is 2. The quantitative estimate of drug-likeness (QED) is 0.205. The van der Waals surface area contributed by atoms with Crippen molar-refractivity contribution >= 4 is 39.5 Å². The Kier molecular flexibility index (Phi) is 7.94. The van der Waals surface area contributed by atoms with Gasteiger partial charge in [-0.3, -0.25) is 14.8 Å². The molecule has 0 unspecified atom stereocenters. The first-order valence-corrected chi connectivity index (χ1v) is 18.7. The molecule has 1 amide bonds. The highest BCUT2D eigenvalue weighted by molar-refractivity contribution is 6.06. The van der Waals surface area contributed by atoms with Crippen molar-refractivity contribution in [1.29, 1.82) is 0 Å². The van der Waals surface area contributed by atoms with E-state index in [0.29, 0.717) is 29.1 Å². The van der Waals surface area contributed by atoms with Crippen molar-refractivity contribution in [2.24, 2.45) is 5.41 Å². The number of ether oxygens (including phenoxy) is 1. The van der Waals surface area contributed by atoms with Crippen LogP contribution in [-0.4, -0.2) is 107 Å². The molecule has 2 aromatic carbocycles. The van der Waals surface area contributed by atoms with E-state index in [4.69, 9.17) is 14.7 Å². The van der Waals surface area contributed by atoms with Gasteiger partial charge >= 0.3 is 6.18 Å². The van der Waals surface area contributed by atoms with Crippen LogP contribution in [0.5, 0.6) is 5.75 Å². The van der Waals surface area contributed by atoms with E-state index in [9.17, 15) is 18.0 Å². The van der Waals surface area contributed by atoms with Crippen LogP contribution in [0.3, 0.4) is 0 Å². The molecule has 9 rings (SSSR count). The molecule has 52 heavy (non-hydrogen) atoms. The number of rotatable bonds is 8. The first-order chi connectivity index (χ1) is 25.0. The Morgan fingerprint density at radius 3 is 2.50 bits per heavy atom.